The molecule has 1 atom stereocenters. The van der Waals surface area contributed by atoms with Crippen LogP contribution >= 0.6 is 0 Å². The molecule has 1 aliphatic heterocycles. The van der Waals surface area contributed by atoms with E-state index in [2.05, 4.69) is 0 Å². The number of aliphatic carboxylic acids is 1. The topological polar surface area (TPSA) is 60.9 Å². The molecule has 0 aromatic carbocycles. The summed E-state index contributed by atoms with van der Waals surface area (Å²) >= 11 is 0. The van der Waals surface area contributed by atoms with E-state index < -0.39 is 11.5 Å². The van der Waals surface area contributed by atoms with Gasteiger partial charge in [-0.1, -0.05) is 26.2 Å². The molecule has 5 nitrogen and oxygen atoms in total. The SMILES string of the molecule is CCC1(C(=O)O)CCCN1C(=O)N(C)CC1CCCCC1. The first kappa shape index (κ1) is 16.1. The Morgan fingerprint density at radius 3 is 2.48 bits per heavy atom. The minimum atomic E-state index is -0.988. The Balaban J connectivity index is 2.02. The number of urea groups is 1. The Labute approximate surface area is 127 Å². The van der Waals surface area contributed by atoms with Crippen LogP contribution in [0.4, 0.5) is 4.79 Å². The molecule has 2 rings (SSSR count). The number of nitrogens with zero attached hydrogens (tertiary/aromatic N) is 2. The molecule has 2 aliphatic rings. The predicted octanol–water partition coefficient (Wildman–Crippen LogP) is 2.95. The van der Waals surface area contributed by atoms with Crippen LogP contribution in [0.2, 0.25) is 0 Å². The largest absolute Gasteiger partial charge is 0.479 e. The van der Waals surface area contributed by atoms with Crippen molar-refractivity contribution < 1.29 is 14.7 Å². The first-order valence-corrected chi connectivity index (χ1v) is 8.27. The van der Waals surface area contributed by atoms with E-state index in [0.717, 1.165) is 13.0 Å². The van der Waals surface area contributed by atoms with Crippen molar-refractivity contribution >= 4 is 12.0 Å². The fourth-order valence-corrected chi connectivity index (χ4v) is 3.94. The third-order valence-corrected chi connectivity index (χ3v) is 5.29. The van der Waals surface area contributed by atoms with E-state index >= 15 is 0 Å². The summed E-state index contributed by atoms with van der Waals surface area (Å²) in [6, 6.07) is -0.109. The van der Waals surface area contributed by atoms with Gasteiger partial charge in [-0.15, -0.1) is 0 Å². The van der Waals surface area contributed by atoms with Crippen molar-refractivity contribution in [3.63, 3.8) is 0 Å². The molecule has 0 spiro atoms. The van der Waals surface area contributed by atoms with Crippen molar-refractivity contribution in [3.05, 3.63) is 0 Å². The second-order valence-electron chi connectivity index (χ2n) is 6.61. The van der Waals surface area contributed by atoms with Gasteiger partial charge in [0, 0.05) is 20.1 Å². The van der Waals surface area contributed by atoms with E-state index in [1.54, 1.807) is 9.80 Å². The van der Waals surface area contributed by atoms with Gasteiger partial charge >= 0.3 is 12.0 Å². The minimum absolute atomic E-state index is 0.109. The maximum Gasteiger partial charge on any atom is 0.329 e. The zero-order valence-electron chi connectivity index (χ0n) is 13.3. The van der Waals surface area contributed by atoms with E-state index in [1.165, 1.54) is 32.1 Å². The molecule has 1 heterocycles. The monoisotopic (exact) mass is 296 g/mol. The van der Waals surface area contributed by atoms with Gasteiger partial charge < -0.3 is 14.9 Å². The Hall–Kier alpha value is -1.26. The molecule has 5 heteroatoms. The molecule has 2 amide bonds. The second kappa shape index (κ2) is 6.67. The van der Waals surface area contributed by atoms with E-state index in [1.807, 2.05) is 14.0 Å². The van der Waals surface area contributed by atoms with Gasteiger partial charge in [-0.3, -0.25) is 0 Å². The van der Waals surface area contributed by atoms with E-state index in [0.29, 0.717) is 25.3 Å². The molecule has 120 valence electrons. The number of carboxylic acids is 1. The third-order valence-electron chi connectivity index (χ3n) is 5.29. The van der Waals surface area contributed by atoms with Crippen molar-refractivity contribution in [3.8, 4) is 0 Å². The average Bonchev–Trinajstić information content (AvgIpc) is 2.92. The van der Waals surface area contributed by atoms with Crippen molar-refractivity contribution in [1.82, 2.24) is 9.80 Å². The smallest absolute Gasteiger partial charge is 0.329 e. The average molecular weight is 296 g/mol. The number of hydrogen-bond acceptors (Lipinski definition) is 2. The fourth-order valence-electron chi connectivity index (χ4n) is 3.94. The van der Waals surface area contributed by atoms with Gasteiger partial charge in [0.15, 0.2) is 0 Å². The highest BCUT2D eigenvalue weighted by atomic mass is 16.4. The number of amides is 2. The zero-order valence-corrected chi connectivity index (χ0v) is 13.3. The standard InChI is InChI=1S/C16H28N2O3/c1-3-16(14(19)20)10-7-11-18(16)15(21)17(2)12-13-8-5-4-6-9-13/h13H,3-12H2,1-2H3,(H,19,20). The summed E-state index contributed by atoms with van der Waals surface area (Å²) in [7, 11) is 1.82. The summed E-state index contributed by atoms with van der Waals surface area (Å²) in [6.45, 7) is 3.18. The lowest BCUT2D eigenvalue weighted by atomic mass is 9.89. The van der Waals surface area contributed by atoms with Crippen LogP contribution in [0.5, 0.6) is 0 Å². The summed E-state index contributed by atoms with van der Waals surface area (Å²) in [5, 5.41) is 9.57. The maximum atomic E-state index is 12.7. The number of hydrogen-bond donors (Lipinski definition) is 1. The molecule has 1 saturated heterocycles. The maximum absolute atomic E-state index is 12.7. The van der Waals surface area contributed by atoms with Crippen molar-refractivity contribution in [2.75, 3.05) is 20.1 Å². The number of likely N-dealkylation sites (tertiary alicyclic amines) is 1. The van der Waals surface area contributed by atoms with Gasteiger partial charge in [0.25, 0.3) is 0 Å². The molecule has 1 unspecified atom stereocenters. The molecule has 2 fully saturated rings. The molecule has 21 heavy (non-hydrogen) atoms. The summed E-state index contributed by atoms with van der Waals surface area (Å²) in [5.41, 5.74) is -0.988. The highest BCUT2D eigenvalue weighted by Gasteiger charge is 2.49. The minimum Gasteiger partial charge on any atom is -0.479 e. The van der Waals surface area contributed by atoms with Gasteiger partial charge in [0.05, 0.1) is 0 Å². The number of carbonyl (C=O) groups is 2. The Morgan fingerprint density at radius 1 is 1.24 bits per heavy atom. The molecule has 0 radical (unpaired) electrons. The van der Waals surface area contributed by atoms with Crippen LogP contribution in [0.15, 0.2) is 0 Å². The molecule has 0 aromatic rings. The van der Waals surface area contributed by atoms with Crippen LogP contribution in [0.3, 0.4) is 0 Å². The van der Waals surface area contributed by atoms with E-state index in [9.17, 15) is 14.7 Å². The molecular formula is C16H28N2O3. The van der Waals surface area contributed by atoms with Gasteiger partial charge in [0.1, 0.15) is 5.54 Å². The fraction of sp³-hybridized carbons (Fsp3) is 0.875. The zero-order chi connectivity index (χ0) is 15.5. The van der Waals surface area contributed by atoms with E-state index in [-0.39, 0.29) is 6.03 Å². The molecule has 0 aromatic heterocycles. The van der Waals surface area contributed by atoms with Crippen LogP contribution in [-0.4, -0.2) is 52.6 Å². The first-order valence-electron chi connectivity index (χ1n) is 8.27. The molecule has 1 N–H and O–H groups in total. The number of carboxylic acid groups (broad SMARTS) is 1. The highest BCUT2D eigenvalue weighted by molar-refractivity contribution is 5.87. The third kappa shape index (κ3) is 3.16. The summed E-state index contributed by atoms with van der Waals surface area (Å²) in [6.07, 6.45) is 8.02. The molecule has 1 aliphatic carbocycles. The number of rotatable bonds is 4. The highest BCUT2D eigenvalue weighted by Crippen LogP contribution is 2.34. The van der Waals surface area contributed by atoms with Gasteiger partial charge in [-0.25, -0.2) is 9.59 Å². The van der Waals surface area contributed by atoms with Crippen LogP contribution in [0.25, 0.3) is 0 Å². The molecule has 1 saturated carbocycles. The summed E-state index contributed by atoms with van der Waals surface area (Å²) in [4.78, 5) is 27.7. The van der Waals surface area contributed by atoms with Crippen molar-refractivity contribution in [2.24, 2.45) is 5.92 Å². The van der Waals surface area contributed by atoms with Crippen LogP contribution in [0, 0.1) is 5.92 Å². The quantitative estimate of drug-likeness (QED) is 0.867. The van der Waals surface area contributed by atoms with Gasteiger partial charge in [-0.05, 0) is 38.0 Å². The number of carbonyl (C=O) groups excluding carboxylic acids is 1. The lowest BCUT2D eigenvalue weighted by Gasteiger charge is -2.37. The van der Waals surface area contributed by atoms with Crippen LogP contribution in [0.1, 0.15) is 58.3 Å². The normalized spacial score (nSPS) is 26.9. The van der Waals surface area contributed by atoms with Crippen LogP contribution < -0.4 is 0 Å². The Morgan fingerprint density at radius 2 is 1.90 bits per heavy atom. The predicted molar refractivity (Wildman–Crippen MR) is 81.2 cm³/mol. The van der Waals surface area contributed by atoms with Crippen molar-refractivity contribution in [2.45, 2.75) is 63.8 Å². The van der Waals surface area contributed by atoms with E-state index in [4.69, 9.17) is 0 Å². The van der Waals surface area contributed by atoms with Crippen molar-refractivity contribution in [1.29, 1.82) is 0 Å². The molecular weight excluding hydrogens is 268 g/mol. The summed E-state index contributed by atoms with van der Waals surface area (Å²) < 4.78 is 0. The van der Waals surface area contributed by atoms with Gasteiger partial charge in [0.2, 0.25) is 0 Å². The first-order chi connectivity index (χ1) is 10.0. The van der Waals surface area contributed by atoms with Crippen LogP contribution in [-0.2, 0) is 4.79 Å². The summed E-state index contributed by atoms with van der Waals surface area (Å²) in [5.74, 6) is -0.280. The molecule has 0 bridgehead atoms. The Bertz CT molecular complexity index is 393. The van der Waals surface area contributed by atoms with Gasteiger partial charge in [-0.2, -0.15) is 0 Å². The lowest BCUT2D eigenvalue weighted by molar-refractivity contribution is -0.148. The Kier molecular flexibility index (Phi) is 5.12. The second-order valence-corrected chi connectivity index (χ2v) is 6.61. The lowest BCUT2D eigenvalue weighted by Crippen LogP contribution is -2.56.